The number of aromatic amines is 1. The van der Waals surface area contributed by atoms with Gasteiger partial charge in [-0.2, -0.15) is 10.1 Å². The van der Waals surface area contributed by atoms with E-state index in [0.717, 1.165) is 48.0 Å². The lowest BCUT2D eigenvalue weighted by atomic mass is 9.92. The van der Waals surface area contributed by atoms with Crippen molar-refractivity contribution in [3.63, 3.8) is 0 Å². The van der Waals surface area contributed by atoms with Gasteiger partial charge in [0.15, 0.2) is 11.3 Å². The average molecular weight is 480 g/mol. The molecule has 4 N–H and O–H groups in total. The summed E-state index contributed by atoms with van der Waals surface area (Å²) in [5, 5.41) is 11.3. The highest BCUT2D eigenvalue weighted by Gasteiger charge is 2.22. The molecule has 0 aliphatic heterocycles. The Bertz CT molecular complexity index is 1250. The van der Waals surface area contributed by atoms with Gasteiger partial charge in [-0.25, -0.2) is 4.99 Å². The molecule has 188 valence electrons. The summed E-state index contributed by atoms with van der Waals surface area (Å²) in [5.41, 5.74) is 10.5. The number of nitrogens with one attached hydrogen (secondary N) is 2. The van der Waals surface area contributed by atoms with Gasteiger partial charge >= 0.3 is 5.97 Å². The summed E-state index contributed by atoms with van der Waals surface area (Å²) in [4.78, 5) is 21.6. The van der Waals surface area contributed by atoms with E-state index in [2.05, 4.69) is 47.8 Å². The van der Waals surface area contributed by atoms with Crippen LogP contribution in [0, 0.1) is 0 Å². The molecule has 0 radical (unpaired) electrons. The van der Waals surface area contributed by atoms with Gasteiger partial charge in [-0.3, -0.25) is 9.89 Å². The highest BCUT2D eigenvalue weighted by molar-refractivity contribution is 5.87. The molecule has 9 nitrogen and oxygen atoms in total. The standard InChI is InChI=1S/C26H37N7O2/c1-15(2)22-24-23(32-31-22)25(28-14-18-8-6-7-9-21(18)35-17(5)34)30-26(33(24)16(3)4)29-20-12-10-19(27)11-13-20/h6-9,15-16,19-20H,10-14,27H2,1-5H3,(H,31,32)(H,28,29,30). The Morgan fingerprint density at radius 1 is 1.23 bits per heavy atom. The highest BCUT2D eigenvalue weighted by Crippen LogP contribution is 2.29. The van der Waals surface area contributed by atoms with Gasteiger partial charge in [0.25, 0.3) is 0 Å². The number of anilines is 1. The zero-order chi connectivity index (χ0) is 25.1. The molecule has 35 heavy (non-hydrogen) atoms. The number of carbonyl (C=O) groups is 1. The lowest BCUT2D eigenvalue weighted by Gasteiger charge is -2.24. The number of aromatic nitrogens is 4. The molecule has 3 aromatic rings. The van der Waals surface area contributed by atoms with Crippen molar-refractivity contribution in [2.24, 2.45) is 10.7 Å². The maximum atomic E-state index is 11.5. The Labute approximate surface area is 206 Å². The molecule has 0 atom stereocenters. The van der Waals surface area contributed by atoms with Crippen LogP contribution in [0.5, 0.6) is 5.75 Å². The second kappa shape index (κ2) is 10.6. The number of ether oxygens (including phenoxy) is 1. The van der Waals surface area contributed by atoms with Gasteiger partial charge in [-0.1, -0.05) is 32.0 Å². The summed E-state index contributed by atoms with van der Waals surface area (Å²) in [6.07, 6.45) is 3.91. The minimum atomic E-state index is -0.349. The van der Waals surface area contributed by atoms with Crippen LogP contribution in [0.15, 0.2) is 29.3 Å². The van der Waals surface area contributed by atoms with Gasteiger partial charge < -0.3 is 20.4 Å². The van der Waals surface area contributed by atoms with Crippen molar-refractivity contribution in [2.45, 2.75) is 90.9 Å². The number of esters is 1. The normalized spacial score (nSPS) is 19.0. The SMILES string of the molecule is CC(=O)Oc1ccccc1CNc1nc(=NC2CCC(N)CC2)n(C(C)C)c2c(C(C)C)[nH]nc12. The minimum absolute atomic E-state index is 0.156. The van der Waals surface area contributed by atoms with E-state index < -0.39 is 0 Å². The van der Waals surface area contributed by atoms with E-state index >= 15 is 0 Å². The number of para-hydroxylation sites is 1. The number of fused-ring (bicyclic) bond motifs is 1. The average Bonchev–Trinajstić information content (AvgIpc) is 3.24. The van der Waals surface area contributed by atoms with E-state index in [-0.39, 0.29) is 30.0 Å². The van der Waals surface area contributed by atoms with Crippen LogP contribution in [0.2, 0.25) is 0 Å². The molecule has 0 bridgehead atoms. The van der Waals surface area contributed by atoms with Crippen LogP contribution < -0.4 is 21.4 Å². The van der Waals surface area contributed by atoms with Gasteiger partial charge in [-0.05, 0) is 51.5 Å². The molecule has 0 spiro atoms. The lowest BCUT2D eigenvalue weighted by Crippen LogP contribution is -2.33. The minimum Gasteiger partial charge on any atom is -0.426 e. The molecule has 2 aromatic heterocycles. The fraction of sp³-hybridized carbons (Fsp3) is 0.538. The first-order valence-electron chi connectivity index (χ1n) is 12.5. The highest BCUT2D eigenvalue weighted by atomic mass is 16.5. The third kappa shape index (κ3) is 5.56. The third-order valence-electron chi connectivity index (χ3n) is 6.47. The predicted molar refractivity (Wildman–Crippen MR) is 137 cm³/mol. The number of nitrogens with zero attached hydrogens (tertiary/aromatic N) is 4. The number of hydrogen-bond acceptors (Lipinski definition) is 7. The molecule has 2 heterocycles. The van der Waals surface area contributed by atoms with Gasteiger partial charge in [0.05, 0.1) is 17.3 Å². The summed E-state index contributed by atoms with van der Waals surface area (Å²) in [7, 11) is 0. The molecule has 9 heteroatoms. The van der Waals surface area contributed by atoms with Gasteiger partial charge in [0.1, 0.15) is 5.75 Å². The summed E-state index contributed by atoms with van der Waals surface area (Å²) in [6, 6.07) is 8.12. The first-order chi connectivity index (χ1) is 16.7. The Morgan fingerprint density at radius 3 is 2.60 bits per heavy atom. The van der Waals surface area contributed by atoms with Crippen LogP contribution in [0.25, 0.3) is 11.0 Å². The Balaban J connectivity index is 1.80. The van der Waals surface area contributed by atoms with Crippen molar-refractivity contribution in [1.82, 2.24) is 19.7 Å². The number of benzene rings is 1. The van der Waals surface area contributed by atoms with Crippen LogP contribution in [-0.2, 0) is 11.3 Å². The molecule has 1 aromatic carbocycles. The molecular weight excluding hydrogens is 442 g/mol. The second-order valence-corrected chi connectivity index (χ2v) is 9.97. The van der Waals surface area contributed by atoms with Crippen molar-refractivity contribution in [3.8, 4) is 5.75 Å². The Kier molecular flexibility index (Phi) is 7.54. The molecule has 0 saturated heterocycles. The second-order valence-electron chi connectivity index (χ2n) is 9.97. The number of rotatable bonds is 7. The third-order valence-corrected chi connectivity index (χ3v) is 6.47. The van der Waals surface area contributed by atoms with E-state index in [4.69, 9.17) is 20.4 Å². The largest absolute Gasteiger partial charge is 0.426 e. The number of nitrogens with two attached hydrogens (primary N) is 1. The van der Waals surface area contributed by atoms with Crippen molar-refractivity contribution >= 4 is 22.8 Å². The smallest absolute Gasteiger partial charge is 0.308 e. The number of carbonyl (C=O) groups excluding carboxylic acids is 1. The van der Waals surface area contributed by atoms with Gasteiger partial charge in [0.2, 0.25) is 5.62 Å². The van der Waals surface area contributed by atoms with Crippen LogP contribution in [0.3, 0.4) is 0 Å². The van der Waals surface area contributed by atoms with Gasteiger partial charge in [-0.15, -0.1) is 0 Å². The van der Waals surface area contributed by atoms with Crippen LogP contribution in [-0.4, -0.2) is 37.8 Å². The summed E-state index contributed by atoms with van der Waals surface area (Å²) < 4.78 is 7.58. The lowest BCUT2D eigenvalue weighted by molar-refractivity contribution is -0.131. The summed E-state index contributed by atoms with van der Waals surface area (Å²) in [5.74, 6) is 1.09. The van der Waals surface area contributed by atoms with Crippen molar-refractivity contribution in [3.05, 3.63) is 41.1 Å². The van der Waals surface area contributed by atoms with Crippen molar-refractivity contribution in [1.29, 1.82) is 0 Å². The number of hydrogen-bond donors (Lipinski definition) is 3. The van der Waals surface area contributed by atoms with E-state index in [0.29, 0.717) is 23.7 Å². The van der Waals surface area contributed by atoms with E-state index in [9.17, 15) is 4.79 Å². The molecule has 1 saturated carbocycles. The van der Waals surface area contributed by atoms with E-state index in [1.165, 1.54) is 6.92 Å². The first kappa shape index (κ1) is 24.9. The quantitative estimate of drug-likeness (QED) is 0.345. The molecule has 1 fully saturated rings. The molecule has 1 aliphatic rings. The predicted octanol–water partition coefficient (Wildman–Crippen LogP) is 4.17. The molecular formula is C26H37N7O2. The Hall–Kier alpha value is -3.20. The van der Waals surface area contributed by atoms with Gasteiger partial charge in [0, 0.05) is 31.1 Å². The number of H-pyrrole nitrogens is 1. The summed E-state index contributed by atoms with van der Waals surface area (Å²) >= 11 is 0. The fourth-order valence-corrected chi connectivity index (χ4v) is 4.65. The van der Waals surface area contributed by atoms with Crippen molar-refractivity contribution in [2.75, 3.05) is 5.32 Å². The molecule has 1 aliphatic carbocycles. The Morgan fingerprint density at radius 2 is 1.94 bits per heavy atom. The molecule has 0 amide bonds. The molecule has 0 unspecified atom stereocenters. The maximum absolute atomic E-state index is 11.5. The van der Waals surface area contributed by atoms with E-state index in [1.54, 1.807) is 6.07 Å². The van der Waals surface area contributed by atoms with Crippen LogP contribution in [0.4, 0.5) is 5.82 Å². The topological polar surface area (TPSA) is 123 Å². The van der Waals surface area contributed by atoms with Crippen molar-refractivity contribution < 1.29 is 9.53 Å². The summed E-state index contributed by atoms with van der Waals surface area (Å²) in [6.45, 7) is 10.4. The zero-order valence-corrected chi connectivity index (χ0v) is 21.3. The first-order valence-corrected chi connectivity index (χ1v) is 12.5. The fourth-order valence-electron chi connectivity index (χ4n) is 4.65. The maximum Gasteiger partial charge on any atom is 0.308 e. The zero-order valence-electron chi connectivity index (χ0n) is 21.3. The molecule has 4 rings (SSSR count). The van der Waals surface area contributed by atoms with Crippen LogP contribution in [0.1, 0.15) is 83.5 Å². The van der Waals surface area contributed by atoms with E-state index in [1.807, 2.05) is 18.2 Å². The monoisotopic (exact) mass is 479 g/mol. The van der Waals surface area contributed by atoms with Crippen LogP contribution >= 0.6 is 0 Å².